The molecule has 1 unspecified atom stereocenters. The number of rotatable bonds is 5. The second-order valence-corrected chi connectivity index (χ2v) is 8.33. The highest BCUT2D eigenvalue weighted by Gasteiger charge is 2.44. The lowest BCUT2D eigenvalue weighted by molar-refractivity contribution is -0.143. The van der Waals surface area contributed by atoms with Crippen molar-refractivity contribution in [1.82, 2.24) is 0 Å². The van der Waals surface area contributed by atoms with Crippen LogP contribution in [0.5, 0.6) is 17.2 Å². The highest BCUT2D eigenvalue weighted by molar-refractivity contribution is 6.09. The summed E-state index contributed by atoms with van der Waals surface area (Å²) in [6.07, 6.45) is 0.863. The lowest BCUT2D eigenvalue weighted by Gasteiger charge is -2.36. The first-order valence-corrected chi connectivity index (χ1v) is 10.8. The van der Waals surface area contributed by atoms with E-state index in [1.807, 2.05) is 18.2 Å². The quantitative estimate of drug-likeness (QED) is 0.689. The Morgan fingerprint density at radius 1 is 0.970 bits per heavy atom. The first kappa shape index (κ1) is 22.6. The average molecular weight is 450 g/mol. The van der Waals surface area contributed by atoms with Crippen molar-refractivity contribution in [2.75, 3.05) is 21.3 Å². The molecule has 0 aromatic heterocycles. The molecule has 7 nitrogen and oxygen atoms in total. The second-order valence-electron chi connectivity index (χ2n) is 8.33. The van der Waals surface area contributed by atoms with Crippen molar-refractivity contribution >= 4 is 17.5 Å². The molecule has 0 fully saturated rings. The Bertz CT molecular complexity index is 1150. The van der Waals surface area contributed by atoms with Crippen LogP contribution >= 0.6 is 0 Å². The maximum atomic E-state index is 13.5. The zero-order chi connectivity index (χ0) is 23.7. The van der Waals surface area contributed by atoms with Gasteiger partial charge in [-0.25, -0.2) is 0 Å². The van der Waals surface area contributed by atoms with Gasteiger partial charge in [0.25, 0.3) is 0 Å². The molecule has 172 valence electrons. The summed E-state index contributed by atoms with van der Waals surface area (Å²) in [4.78, 5) is 31.0. The molecule has 3 atom stereocenters. The number of carbonyl (C=O) groups excluding carboxylic acids is 2. The van der Waals surface area contributed by atoms with Crippen molar-refractivity contribution in [3.63, 3.8) is 0 Å². The molecule has 33 heavy (non-hydrogen) atoms. The fourth-order valence-corrected chi connectivity index (χ4v) is 4.88. The fourth-order valence-electron chi connectivity index (χ4n) is 4.88. The van der Waals surface area contributed by atoms with Gasteiger partial charge in [-0.05, 0) is 54.7 Å². The van der Waals surface area contributed by atoms with E-state index in [-0.39, 0.29) is 17.5 Å². The normalized spacial score (nSPS) is 22.4. The van der Waals surface area contributed by atoms with Crippen molar-refractivity contribution in [1.29, 1.82) is 0 Å². The second kappa shape index (κ2) is 9.10. The van der Waals surface area contributed by atoms with Crippen LogP contribution in [0, 0.1) is 5.92 Å². The van der Waals surface area contributed by atoms with E-state index in [0.717, 1.165) is 11.1 Å². The minimum absolute atomic E-state index is 0.0423. The van der Waals surface area contributed by atoms with Gasteiger partial charge < -0.3 is 19.3 Å². The number of ketones is 1. The number of allylic oxidation sites excluding steroid dienone is 2. The van der Waals surface area contributed by atoms with E-state index in [2.05, 4.69) is 0 Å². The smallest absolute Gasteiger partial charge is 0.315 e. The number of methoxy groups -OCH3 is 3. The van der Waals surface area contributed by atoms with E-state index in [0.29, 0.717) is 41.3 Å². The van der Waals surface area contributed by atoms with Gasteiger partial charge in [0.15, 0.2) is 17.3 Å². The molecule has 7 heteroatoms. The van der Waals surface area contributed by atoms with Crippen LogP contribution in [0.15, 0.2) is 58.7 Å². The standard InChI is InChI=1S/C26H27NO6/c1-14-23(26(30)33-4)24(15-5-8-18(28)9-6-15)25-19(27-14)11-17(12-20(25)29)16-7-10-21(31-2)22(13-16)32-3/h5-10,13,17,23-24,28H,11-12H2,1-4H3/t17-,23?,24+/m1/s1. The first-order valence-electron chi connectivity index (χ1n) is 10.8. The molecule has 0 saturated heterocycles. The Balaban J connectivity index is 1.78. The van der Waals surface area contributed by atoms with Crippen LogP contribution in [-0.2, 0) is 14.3 Å². The number of phenols is 1. The fraction of sp³-hybridized carbons (Fsp3) is 0.346. The number of aromatic hydroxyl groups is 1. The number of Topliss-reactive ketones (excluding diaryl/α,β-unsaturated/α-hetero) is 1. The number of ether oxygens (including phenoxy) is 3. The summed E-state index contributed by atoms with van der Waals surface area (Å²) < 4.78 is 15.8. The van der Waals surface area contributed by atoms with Gasteiger partial charge in [-0.2, -0.15) is 0 Å². The van der Waals surface area contributed by atoms with E-state index in [1.165, 1.54) is 7.11 Å². The maximum absolute atomic E-state index is 13.5. The number of hydrogen-bond acceptors (Lipinski definition) is 7. The van der Waals surface area contributed by atoms with Crippen molar-refractivity contribution in [3.8, 4) is 17.2 Å². The minimum Gasteiger partial charge on any atom is -0.508 e. The van der Waals surface area contributed by atoms with Gasteiger partial charge in [-0.15, -0.1) is 0 Å². The number of phenolic OH excluding ortho intramolecular Hbond substituents is 1. The molecule has 2 aromatic rings. The van der Waals surface area contributed by atoms with Gasteiger partial charge in [-0.1, -0.05) is 18.2 Å². The van der Waals surface area contributed by atoms with Crippen LogP contribution in [0.3, 0.4) is 0 Å². The number of carbonyl (C=O) groups is 2. The molecule has 1 N–H and O–H groups in total. The summed E-state index contributed by atoms with van der Waals surface area (Å²) in [5.74, 6) is -0.393. The number of benzene rings is 2. The zero-order valence-corrected chi connectivity index (χ0v) is 19.1. The number of aliphatic imine (C=N–C) groups is 1. The predicted octanol–water partition coefficient (Wildman–Crippen LogP) is 4.16. The highest BCUT2D eigenvalue weighted by Crippen LogP contribution is 2.47. The van der Waals surface area contributed by atoms with Crippen LogP contribution in [-0.4, -0.2) is 43.9 Å². The van der Waals surface area contributed by atoms with Crippen molar-refractivity contribution in [2.45, 2.75) is 31.6 Å². The molecule has 1 heterocycles. The van der Waals surface area contributed by atoms with Gasteiger partial charge in [0, 0.05) is 29.3 Å². The summed E-state index contributed by atoms with van der Waals surface area (Å²) >= 11 is 0. The number of nitrogens with zero attached hydrogens (tertiary/aromatic N) is 1. The number of esters is 1. The summed E-state index contributed by atoms with van der Waals surface area (Å²) in [7, 11) is 4.50. The van der Waals surface area contributed by atoms with E-state index >= 15 is 0 Å². The van der Waals surface area contributed by atoms with Crippen molar-refractivity contribution < 1.29 is 28.9 Å². The molecular weight excluding hydrogens is 422 g/mol. The highest BCUT2D eigenvalue weighted by atomic mass is 16.5. The molecule has 0 saturated carbocycles. The first-order chi connectivity index (χ1) is 15.9. The third-order valence-corrected chi connectivity index (χ3v) is 6.47. The minimum atomic E-state index is -0.695. The zero-order valence-electron chi connectivity index (χ0n) is 19.1. The summed E-state index contributed by atoms with van der Waals surface area (Å²) in [5, 5.41) is 9.74. The van der Waals surface area contributed by atoms with Crippen LogP contribution in [0.2, 0.25) is 0 Å². The molecule has 2 aliphatic rings. The molecular formula is C26H27NO6. The monoisotopic (exact) mass is 449 g/mol. The summed E-state index contributed by atoms with van der Waals surface area (Å²) in [6.45, 7) is 1.79. The van der Waals surface area contributed by atoms with Crippen LogP contribution in [0.1, 0.15) is 42.7 Å². The largest absolute Gasteiger partial charge is 0.508 e. The Hall–Kier alpha value is -3.61. The lowest BCUT2D eigenvalue weighted by Crippen LogP contribution is -2.37. The Morgan fingerprint density at radius 2 is 1.64 bits per heavy atom. The summed E-state index contributed by atoms with van der Waals surface area (Å²) in [5.41, 5.74) is 3.60. The van der Waals surface area contributed by atoms with Gasteiger partial charge >= 0.3 is 5.97 Å². The van der Waals surface area contributed by atoms with E-state index < -0.39 is 17.8 Å². The Kier molecular flexibility index (Phi) is 6.22. The van der Waals surface area contributed by atoms with E-state index in [9.17, 15) is 14.7 Å². The third-order valence-electron chi connectivity index (χ3n) is 6.47. The number of hydrogen-bond donors (Lipinski definition) is 1. The van der Waals surface area contributed by atoms with Crippen LogP contribution < -0.4 is 9.47 Å². The topological polar surface area (TPSA) is 94.4 Å². The van der Waals surface area contributed by atoms with Crippen LogP contribution in [0.25, 0.3) is 0 Å². The Morgan fingerprint density at radius 3 is 2.27 bits per heavy atom. The lowest BCUT2D eigenvalue weighted by atomic mass is 9.69. The third kappa shape index (κ3) is 4.11. The van der Waals surface area contributed by atoms with Gasteiger partial charge in [0.1, 0.15) is 11.7 Å². The molecule has 0 spiro atoms. The van der Waals surface area contributed by atoms with E-state index in [1.54, 1.807) is 45.4 Å². The molecule has 1 aliphatic heterocycles. The van der Waals surface area contributed by atoms with Crippen molar-refractivity contribution in [3.05, 3.63) is 64.9 Å². The van der Waals surface area contributed by atoms with Gasteiger partial charge in [0.05, 0.1) is 21.3 Å². The molecule has 0 radical (unpaired) electrons. The average Bonchev–Trinajstić information content (AvgIpc) is 2.82. The maximum Gasteiger partial charge on any atom is 0.315 e. The molecule has 4 rings (SSSR count). The molecule has 2 aromatic carbocycles. The molecule has 0 bridgehead atoms. The Labute approximate surface area is 192 Å². The SMILES string of the molecule is COC(=O)C1C(C)=NC2=C(C(=O)C[C@H](c3ccc(OC)c(OC)c3)C2)[C@H]1c1ccc(O)cc1. The van der Waals surface area contributed by atoms with Crippen molar-refractivity contribution in [2.24, 2.45) is 10.9 Å². The summed E-state index contributed by atoms with van der Waals surface area (Å²) in [6, 6.07) is 12.3. The van der Waals surface area contributed by atoms with Gasteiger partial charge in [0.2, 0.25) is 0 Å². The van der Waals surface area contributed by atoms with E-state index in [4.69, 9.17) is 19.2 Å². The van der Waals surface area contributed by atoms with Crippen LogP contribution in [0.4, 0.5) is 0 Å². The van der Waals surface area contributed by atoms with Gasteiger partial charge in [-0.3, -0.25) is 14.6 Å². The molecule has 1 aliphatic carbocycles. The predicted molar refractivity (Wildman–Crippen MR) is 123 cm³/mol. The molecule has 0 amide bonds.